The average Bonchev–Trinajstić information content (AvgIpc) is 3.26. The van der Waals surface area contributed by atoms with Crippen LogP contribution in [0.1, 0.15) is 40.7 Å². The molecule has 0 fully saturated rings. The lowest BCUT2D eigenvalue weighted by Crippen LogP contribution is -2.26. The first kappa shape index (κ1) is 24.0. The number of benzene rings is 1. The van der Waals surface area contributed by atoms with Crippen LogP contribution in [0, 0.1) is 0 Å². The first-order valence-electron chi connectivity index (χ1n) is 10.8. The van der Waals surface area contributed by atoms with Crippen molar-refractivity contribution in [1.82, 2.24) is 24.9 Å². The van der Waals surface area contributed by atoms with E-state index in [0.29, 0.717) is 13.0 Å². The van der Waals surface area contributed by atoms with Crippen LogP contribution < -0.4 is 15.8 Å². The van der Waals surface area contributed by atoms with Crippen molar-refractivity contribution in [3.05, 3.63) is 71.7 Å². The van der Waals surface area contributed by atoms with Gasteiger partial charge in [-0.1, -0.05) is 37.3 Å². The fourth-order valence-corrected chi connectivity index (χ4v) is 3.85. The molecule has 3 N–H and O–H groups in total. The minimum absolute atomic E-state index is 0.0494. The van der Waals surface area contributed by atoms with Gasteiger partial charge in [0.2, 0.25) is 5.88 Å². The lowest BCUT2D eigenvalue weighted by Gasteiger charge is -2.14. The van der Waals surface area contributed by atoms with Crippen molar-refractivity contribution >= 4 is 17.2 Å². The molecule has 11 heteroatoms. The second-order valence-corrected chi connectivity index (χ2v) is 7.98. The number of nitrogen functional groups attached to an aromatic ring is 1. The van der Waals surface area contributed by atoms with Crippen LogP contribution >= 0.6 is 0 Å². The fourth-order valence-electron chi connectivity index (χ4n) is 3.85. The number of amides is 1. The van der Waals surface area contributed by atoms with E-state index in [1.54, 1.807) is 0 Å². The molecule has 0 saturated heterocycles. The Hall–Kier alpha value is -4.15. The molecule has 1 amide bonds. The molecule has 1 aromatic carbocycles. The fraction of sp³-hybridized carbons (Fsp3) is 0.250. The number of alkyl halides is 3. The lowest BCUT2D eigenvalue weighted by molar-refractivity contribution is -0.136. The van der Waals surface area contributed by atoms with Crippen molar-refractivity contribution in [3.63, 3.8) is 0 Å². The van der Waals surface area contributed by atoms with Crippen LogP contribution in [-0.4, -0.2) is 39.1 Å². The second-order valence-electron chi connectivity index (χ2n) is 7.98. The number of anilines is 1. The molecule has 0 aliphatic rings. The number of rotatable bonds is 7. The summed E-state index contributed by atoms with van der Waals surface area (Å²) in [6, 6.07) is 12.2. The van der Waals surface area contributed by atoms with Crippen molar-refractivity contribution in [2.75, 3.05) is 19.4 Å². The van der Waals surface area contributed by atoms with E-state index in [0.717, 1.165) is 22.5 Å². The first-order chi connectivity index (χ1) is 16.7. The highest BCUT2D eigenvalue weighted by atomic mass is 19.4. The number of pyridine rings is 1. The number of fused-ring (bicyclic) bond motifs is 1. The van der Waals surface area contributed by atoms with Crippen LogP contribution in [0.3, 0.4) is 0 Å². The minimum atomic E-state index is -4.68. The summed E-state index contributed by atoms with van der Waals surface area (Å²) < 4.78 is 47.2. The van der Waals surface area contributed by atoms with Crippen molar-refractivity contribution in [3.8, 4) is 17.1 Å². The smallest absolute Gasteiger partial charge is 0.418 e. The molecule has 0 spiro atoms. The number of nitrogens with two attached hydrogens (primary N) is 1. The van der Waals surface area contributed by atoms with Gasteiger partial charge in [-0.25, -0.2) is 14.5 Å². The molecule has 0 aliphatic carbocycles. The summed E-state index contributed by atoms with van der Waals surface area (Å²) in [5.41, 5.74) is 5.90. The van der Waals surface area contributed by atoms with Crippen LogP contribution in [0.5, 0.6) is 5.88 Å². The number of aromatic nitrogens is 4. The SMILES string of the molecule is COc1ncc(-c2cc(C(F)(F)F)c3c(N)ncnn23)cc1C(=O)NCCC(C)c1ccccc1. The molecular weight excluding hydrogens is 461 g/mol. The molecule has 3 aromatic heterocycles. The van der Waals surface area contributed by atoms with Gasteiger partial charge in [0.05, 0.1) is 18.4 Å². The van der Waals surface area contributed by atoms with Crippen LogP contribution in [0.2, 0.25) is 0 Å². The Bertz CT molecular complexity index is 1350. The number of nitrogens with zero attached hydrogens (tertiary/aromatic N) is 4. The van der Waals surface area contributed by atoms with Crippen LogP contribution in [0.25, 0.3) is 16.8 Å². The number of ether oxygens (including phenoxy) is 1. The lowest BCUT2D eigenvalue weighted by atomic mass is 9.98. The number of halogens is 3. The summed E-state index contributed by atoms with van der Waals surface area (Å²) in [6.07, 6.45) is -1.62. The van der Waals surface area contributed by atoms with Gasteiger partial charge < -0.3 is 15.8 Å². The molecule has 35 heavy (non-hydrogen) atoms. The molecule has 4 aromatic rings. The molecule has 1 unspecified atom stereocenters. The maximum Gasteiger partial charge on any atom is 0.418 e. The van der Waals surface area contributed by atoms with Crippen LogP contribution in [0.15, 0.2) is 55.0 Å². The molecule has 0 saturated carbocycles. The Labute approximate surface area is 199 Å². The van der Waals surface area contributed by atoms with E-state index in [-0.39, 0.29) is 40.0 Å². The molecule has 182 valence electrons. The summed E-state index contributed by atoms with van der Waals surface area (Å²) in [4.78, 5) is 20.8. The highest BCUT2D eigenvalue weighted by Crippen LogP contribution is 2.39. The summed E-state index contributed by atoms with van der Waals surface area (Å²) in [5, 5.41) is 6.77. The molecule has 1 atom stereocenters. The van der Waals surface area contributed by atoms with Crippen molar-refractivity contribution < 1.29 is 22.7 Å². The molecule has 3 heterocycles. The summed E-state index contributed by atoms with van der Waals surface area (Å²) in [7, 11) is 1.36. The van der Waals surface area contributed by atoms with Crippen LogP contribution in [-0.2, 0) is 6.18 Å². The van der Waals surface area contributed by atoms with Gasteiger partial charge in [-0.15, -0.1) is 0 Å². The van der Waals surface area contributed by atoms with Gasteiger partial charge in [0.15, 0.2) is 5.82 Å². The van der Waals surface area contributed by atoms with E-state index in [1.165, 1.54) is 19.4 Å². The standard InChI is InChI=1S/C24H23F3N6O2/c1-14(15-6-4-3-5-7-15)8-9-29-22(34)17-10-16(12-30-23(17)35-2)19-11-18(24(25,26)27)20-21(28)31-13-32-33(19)20/h3-7,10-14H,8-9H2,1-2H3,(H,29,34)(H2,28,31,32). The molecule has 8 nitrogen and oxygen atoms in total. The summed E-state index contributed by atoms with van der Waals surface area (Å²) >= 11 is 0. The average molecular weight is 484 g/mol. The highest BCUT2D eigenvalue weighted by molar-refractivity contribution is 5.97. The predicted octanol–water partition coefficient (Wildman–Crippen LogP) is 4.32. The number of hydrogen-bond donors (Lipinski definition) is 2. The quantitative estimate of drug-likeness (QED) is 0.405. The normalized spacial score (nSPS) is 12.5. The monoisotopic (exact) mass is 484 g/mol. The third kappa shape index (κ3) is 4.88. The molecule has 4 rings (SSSR count). The van der Waals surface area contributed by atoms with Gasteiger partial charge in [-0.3, -0.25) is 4.79 Å². The van der Waals surface area contributed by atoms with Crippen molar-refractivity contribution in [1.29, 1.82) is 0 Å². The van der Waals surface area contributed by atoms with Gasteiger partial charge in [-0.2, -0.15) is 18.3 Å². The Morgan fingerprint density at radius 2 is 1.94 bits per heavy atom. The third-order valence-corrected chi connectivity index (χ3v) is 5.70. The number of hydrogen-bond acceptors (Lipinski definition) is 6. The zero-order valence-corrected chi connectivity index (χ0v) is 19.0. The second kappa shape index (κ2) is 9.61. The van der Waals surface area contributed by atoms with Crippen LogP contribution in [0.4, 0.5) is 19.0 Å². The zero-order chi connectivity index (χ0) is 25.2. The maximum atomic E-state index is 13.7. The maximum absolute atomic E-state index is 13.7. The number of methoxy groups -OCH3 is 1. The number of nitrogens with one attached hydrogen (secondary N) is 1. The topological polar surface area (TPSA) is 107 Å². The van der Waals surface area contributed by atoms with E-state index in [9.17, 15) is 18.0 Å². The van der Waals surface area contributed by atoms with Gasteiger partial charge in [-0.05, 0) is 30.0 Å². The molecule has 0 bridgehead atoms. The number of carbonyl (C=O) groups is 1. The van der Waals surface area contributed by atoms with Gasteiger partial charge in [0.25, 0.3) is 5.91 Å². The minimum Gasteiger partial charge on any atom is -0.480 e. The Morgan fingerprint density at radius 3 is 2.63 bits per heavy atom. The Balaban J connectivity index is 1.63. The summed E-state index contributed by atoms with van der Waals surface area (Å²) in [5.74, 6) is -0.498. The predicted molar refractivity (Wildman–Crippen MR) is 124 cm³/mol. The van der Waals surface area contributed by atoms with E-state index >= 15 is 0 Å². The van der Waals surface area contributed by atoms with Crippen molar-refractivity contribution in [2.24, 2.45) is 0 Å². The van der Waals surface area contributed by atoms with E-state index in [1.807, 2.05) is 30.3 Å². The molecule has 0 aliphatic heterocycles. The van der Waals surface area contributed by atoms with Gasteiger partial charge in [0.1, 0.15) is 17.4 Å². The van der Waals surface area contributed by atoms with E-state index in [2.05, 4.69) is 27.3 Å². The zero-order valence-electron chi connectivity index (χ0n) is 19.0. The molecular formula is C24H23F3N6O2. The van der Waals surface area contributed by atoms with Gasteiger partial charge in [0, 0.05) is 18.3 Å². The first-order valence-corrected chi connectivity index (χ1v) is 10.8. The largest absolute Gasteiger partial charge is 0.480 e. The third-order valence-electron chi connectivity index (χ3n) is 5.70. The van der Waals surface area contributed by atoms with E-state index < -0.39 is 17.6 Å². The Morgan fingerprint density at radius 1 is 1.20 bits per heavy atom. The van der Waals surface area contributed by atoms with Crippen molar-refractivity contribution in [2.45, 2.75) is 25.4 Å². The Kier molecular flexibility index (Phi) is 6.59. The summed E-state index contributed by atoms with van der Waals surface area (Å²) in [6.45, 7) is 2.45. The highest BCUT2D eigenvalue weighted by Gasteiger charge is 2.36. The van der Waals surface area contributed by atoms with E-state index in [4.69, 9.17) is 10.5 Å². The van der Waals surface area contributed by atoms with Gasteiger partial charge >= 0.3 is 6.18 Å². The number of carbonyl (C=O) groups excluding carboxylic acids is 1. The molecule has 0 radical (unpaired) electrons.